The minimum absolute atomic E-state index is 0.0222. The van der Waals surface area contributed by atoms with Gasteiger partial charge in [0.1, 0.15) is 0 Å². The van der Waals surface area contributed by atoms with Gasteiger partial charge in [0.2, 0.25) is 9.05 Å². The number of rotatable bonds is 9. The molecule has 0 bridgehead atoms. The van der Waals surface area contributed by atoms with Crippen molar-refractivity contribution in [3.63, 3.8) is 0 Å². The minimum atomic E-state index is -3.46. The van der Waals surface area contributed by atoms with E-state index in [1.54, 1.807) is 0 Å². The van der Waals surface area contributed by atoms with Crippen LogP contribution in [0.25, 0.3) is 0 Å². The topological polar surface area (TPSA) is 52.6 Å². The lowest BCUT2D eigenvalue weighted by Gasteiger charge is -2.27. The Bertz CT molecular complexity index is 348. The molecule has 0 atom stereocenters. The van der Waals surface area contributed by atoms with Crippen molar-refractivity contribution in [1.29, 1.82) is 0 Å². The van der Waals surface area contributed by atoms with E-state index in [0.717, 1.165) is 32.3 Å². The summed E-state index contributed by atoms with van der Waals surface area (Å²) < 4.78 is 33.6. The van der Waals surface area contributed by atoms with Crippen LogP contribution in [0, 0.1) is 11.3 Å². The first-order valence-corrected chi connectivity index (χ1v) is 9.39. The standard InChI is InChI=1S/C13H25ClO4S/c1-12(2)9-17-7-8-18-10-13(5-3-4-6-13)11-19(14,15)16/h12H,3-11H2,1-2H3. The Morgan fingerprint density at radius 3 is 2.26 bits per heavy atom. The maximum Gasteiger partial charge on any atom is 0.233 e. The molecular weight excluding hydrogens is 288 g/mol. The van der Waals surface area contributed by atoms with Crippen LogP contribution in [0.3, 0.4) is 0 Å². The smallest absolute Gasteiger partial charge is 0.233 e. The third kappa shape index (κ3) is 7.49. The van der Waals surface area contributed by atoms with E-state index in [1.807, 2.05) is 0 Å². The zero-order valence-corrected chi connectivity index (χ0v) is 13.4. The van der Waals surface area contributed by atoms with Crippen molar-refractivity contribution in [2.24, 2.45) is 11.3 Å². The number of halogens is 1. The highest BCUT2D eigenvalue weighted by molar-refractivity contribution is 8.13. The van der Waals surface area contributed by atoms with E-state index in [1.165, 1.54) is 0 Å². The summed E-state index contributed by atoms with van der Waals surface area (Å²) in [5, 5.41) is 0. The maximum absolute atomic E-state index is 11.3. The van der Waals surface area contributed by atoms with E-state index < -0.39 is 9.05 Å². The number of ether oxygens (including phenoxy) is 2. The summed E-state index contributed by atoms with van der Waals surface area (Å²) in [4.78, 5) is 0. The van der Waals surface area contributed by atoms with Gasteiger partial charge in [0.05, 0.1) is 25.6 Å². The summed E-state index contributed by atoms with van der Waals surface area (Å²) in [6.45, 7) is 6.45. The highest BCUT2D eigenvalue weighted by Gasteiger charge is 2.38. The Labute approximate surface area is 121 Å². The molecule has 1 aliphatic rings. The molecule has 0 spiro atoms. The molecule has 1 saturated carbocycles. The van der Waals surface area contributed by atoms with Gasteiger partial charge in [-0.05, 0) is 18.8 Å². The van der Waals surface area contributed by atoms with E-state index in [4.69, 9.17) is 20.2 Å². The van der Waals surface area contributed by atoms with Gasteiger partial charge in [0, 0.05) is 22.7 Å². The van der Waals surface area contributed by atoms with Crippen molar-refractivity contribution in [2.45, 2.75) is 39.5 Å². The predicted molar refractivity (Wildman–Crippen MR) is 77.0 cm³/mol. The zero-order valence-electron chi connectivity index (χ0n) is 11.9. The van der Waals surface area contributed by atoms with Crippen LogP contribution >= 0.6 is 10.7 Å². The fraction of sp³-hybridized carbons (Fsp3) is 1.00. The Kier molecular flexibility index (Phi) is 7.08. The summed E-state index contributed by atoms with van der Waals surface area (Å²) in [7, 11) is 1.93. The van der Waals surface area contributed by atoms with Gasteiger partial charge in [-0.3, -0.25) is 0 Å². The molecule has 1 rings (SSSR count). The van der Waals surface area contributed by atoms with Crippen LogP contribution in [-0.4, -0.2) is 40.6 Å². The van der Waals surface area contributed by atoms with Crippen molar-refractivity contribution in [1.82, 2.24) is 0 Å². The average molecular weight is 313 g/mol. The van der Waals surface area contributed by atoms with Crippen LogP contribution in [0.5, 0.6) is 0 Å². The number of hydrogen-bond donors (Lipinski definition) is 0. The highest BCUT2D eigenvalue weighted by Crippen LogP contribution is 2.40. The van der Waals surface area contributed by atoms with E-state index in [9.17, 15) is 8.42 Å². The second-order valence-corrected chi connectivity index (χ2v) is 8.69. The molecule has 0 heterocycles. The van der Waals surface area contributed by atoms with E-state index in [2.05, 4.69) is 13.8 Å². The van der Waals surface area contributed by atoms with Gasteiger partial charge >= 0.3 is 0 Å². The first kappa shape index (κ1) is 17.2. The van der Waals surface area contributed by atoms with Gasteiger partial charge in [-0.1, -0.05) is 26.7 Å². The molecule has 0 aromatic heterocycles. The second kappa shape index (κ2) is 7.81. The number of hydrogen-bond acceptors (Lipinski definition) is 4. The molecule has 0 amide bonds. The molecule has 0 aromatic carbocycles. The lowest BCUT2D eigenvalue weighted by molar-refractivity contribution is 0.00703. The van der Waals surface area contributed by atoms with Crippen molar-refractivity contribution in [3.8, 4) is 0 Å². The Morgan fingerprint density at radius 1 is 1.16 bits per heavy atom. The molecule has 0 saturated heterocycles. The van der Waals surface area contributed by atoms with Crippen molar-refractivity contribution in [2.75, 3.05) is 32.2 Å². The molecular formula is C13H25ClO4S. The highest BCUT2D eigenvalue weighted by atomic mass is 35.7. The SMILES string of the molecule is CC(C)COCCOCC1(CS(=O)(=O)Cl)CCCC1. The van der Waals surface area contributed by atoms with Gasteiger partial charge in [0.25, 0.3) is 0 Å². The maximum atomic E-state index is 11.3. The quantitative estimate of drug-likeness (QED) is 0.485. The molecule has 6 heteroatoms. The van der Waals surface area contributed by atoms with Crippen LogP contribution in [0.1, 0.15) is 39.5 Å². The molecule has 0 radical (unpaired) electrons. The summed E-state index contributed by atoms with van der Waals surface area (Å²) >= 11 is 0. The largest absolute Gasteiger partial charge is 0.379 e. The zero-order chi connectivity index (χ0) is 14.4. The Morgan fingerprint density at radius 2 is 1.74 bits per heavy atom. The first-order chi connectivity index (χ1) is 8.83. The molecule has 0 aromatic rings. The molecule has 19 heavy (non-hydrogen) atoms. The Hall–Kier alpha value is 0.160. The van der Waals surface area contributed by atoms with Crippen molar-refractivity contribution < 1.29 is 17.9 Å². The van der Waals surface area contributed by atoms with Crippen molar-refractivity contribution >= 4 is 19.7 Å². The molecule has 0 aliphatic heterocycles. The third-order valence-corrected chi connectivity index (χ3v) is 4.66. The molecule has 1 fully saturated rings. The van der Waals surface area contributed by atoms with E-state index in [0.29, 0.717) is 25.7 Å². The van der Waals surface area contributed by atoms with Gasteiger partial charge in [-0.25, -0.2) is 8.42 Å². The Balaban J connectivity index is 2.27. The first-order valence-electron chi connectivity index (χ1n) is 6.91. The van der Waals surface area contributed by atoms with Crippen LogP contribution in [0.4, 0.5) is 0 Å². The fourth-order valence-corrected chi connectivity index (χ4v) is 4.34. The summed E-state index contributed by atoms with van der Waals surface area (Å²) in [5.74, 6) is 0.538. The van der Waals surface area contributed by atoms with Crippen LogP contribution in [-0.2, 0) is 18.5 Å². The van der Waals surface area contributed by atoms with Gasteiger partial charge in [-0.15, -0.1) is 0 Å². The molecule has 4 nitrogen and oxygen atoms in total. The molecule has 0 unspecified atom stereocenters. The van der Waals surface area contributed by atoms with Crippen LogP contribution in [0.15, 0.2) is 0 Å². The van der Waals surface area contributed by atoms with Crippen molar-refractivity contribution in [3.05, 3.63) is 0 Å². The monoisotopic (exact) mass is 312 g/mol. The lowest BCUT2D eigenvalue weighted by Crippen LogP contribution is -2.31. The molecule has 114 valence electrons. The minimum Gasteiger partial charge on any atom is -0.379 e. The average Bonchev–Trinajstić information content (AvgIpc) is 2.69. The van der Waals surface area contributed by atoms with Gasteiger partial charge < -0.3 is 9.47 Å². The van der Waals surface area contributed by atoms with Gasteiger partial charge in [0.15, 0.2) is 0 Å². The summed E-state index contributed by atoms with van der Waals surface area (Å²) in [6.07, 6.45) is 3.87. The van der Waals surface area contributed by atoms with Crippen LogP contribution in [0.2, 0.25) is 0 Å². The predicted octanol–water partition coefficient (Wildman–Crippen LogP) is 2.80. The molecule has 0 N–H and O–H groups in total. The van der Waals surface area contributed by atoms with E-state index in [-0.39, 0.29) is 11.2 Å². The third-order valence-electron chi connectivity index (χ3n) is 3.37. The van der Waals surface area contributed by atoms with Crippen LogP contribution < -0.4 is 0 Å². The summed E-state index contributed by atoms with van der Waals surface area (Å²) in [6, 6.07) is 0. The molecule has 1 aliphatic carbocycles. The lowest BCUT2D eigenvalue weighted by atomic mass is 9.90. The normalized spacial score (nSPS) is 19.2. The summed E-state index contributed by atoms with van der Waals surface area (Å²) in [5.41, 5.74) is -0.279. The fourth-order valence-electron chi connectivity index (χ4n) is 2.55. The van der Waals surface area contributed by atoms with E-state index >= 15 is 0 Å². The van der Waals surface area contributed by atoms with Gasteiger partial charge in [-0.2, -0.15) is 0 Å². The second-order valence-electron chi connectivity index (χ2n) is 5.91.